The standard InChI is InChI=1S/C25H23N3O2S/c1-17-12-13-22(18(2)14-17)28-24(30)20-10-6-7-11-21(20)27-25(28)31-16-23(29)26-15-19-8-4-3-5-9-19/h3-14H,15-16H2,1-2H3,(H,26,29). The molecule has 3 aromatic carbocycles. The highest BCUT2D eigenvalue weighted by Gasteiger charge is 2.16. The summed E-state index contributed by atoms with van der Waals surface area (Å²) in [6, 6.07) is 23.0. The van der Waals surface area contributed by atoms with Gasteiger partial charge in [0.2, 0.25) is 5.91 Å². The molecule has 0 bridgehead atoms. The number of carbonyl (C=O) groups is 1. The zero-order chi connectivity index (χ0) is 21.8. The van der Waals surface area contributed by atoms with Crippen LogP contribution in [-0.4, -0.2) is 21.2 Å². The van der Waals surface area contributed by atoms with E-state index in [1.165, 1.54) is 11.8 Å². The van der Waals surface area contributed by atoms with E-state index in [0.29, 0.717) is 22.6 Å². The van der Waals surface area contributed by atoms with Crippen LogP contribution in [0.1, 0.15) is 16.7 Å². The molecule has 156 valence electrons. The maximum Gasteiger partial charge on any atom is 0.266 e. The summed E-state index contributed by atoms with van der Waals surface area (Å²) >= 11 is 1.27. The quantitative estimate of drug-likeness (QED) is 0.364. The van der Waals surface area contributed by atoms with Gasteiger partial charge in [-0.05, 0) is 43.2 Å². The molecule has 4 aromatic rings. The predicted octanol–water partition coefficient (Wildman–Crippen LogP) is 4.41. The first-order chi connectivity index (χ1) is 15.0. The number of para-hydroxylation sites is 1. The second-order valence-corrected chi connectivity index (χ2v) is 8.34. The number of benzene rings is 3. The number of hydrogen-bond donors (Lipinski definition) is 1. The van der Waals surface area contributed by atoms with Gasteiger partial charge in [-0.2, -0.15) is 0 Å². The van der Waals surface area contributed by atoms with E-state index in [1.807, 2.05) is 80.6 Å². The Balaban J connectivity index is 1.64. The van der Waals surface area contributed by atoms with Gasteiger partial charge in [-0.15, -0.1) is 0 Å². The molecule has 0 fully saturated rings. The van der Waals surface area contributed by atoms with Crippen molar-refractivity contribution in [3.8, 4) is 5.69 Å². The van der Waals surface area contributed by atoms with Crippen molar-refractivity contribution in [3.05, 3.63) is 99.8 Å². The SMILES string of the molecule is Cc1ccc(-n2c(SCC(=O)NCc3ccccc3)nc3ccccc3c2=O)c(C)c1. The summed E-state index contributed by atoms with van der Waals surface area (Å²) < 4.78 is 1.62. The zero-order valence-corrected chi connectivity index (χ0v) is 18.3. The van der Waals surface area contributed by atoms with Crippen LogP contribution in [0.25, 0.3) is 16.6 Å². The molecule has 1 aromatic heterocycles. The van der Waals surface area contributed by atoms with E-state index in [-0.39, 0.29) is 17.2 Å². The summed E-state index contributed by atoms with van der Waals surface area (Å²) in [5.41, 5.74) is 4.41. The molecule has 1 heterocycles. The minimum absolute atomic E-state index is 0.108. The van der Waals surface area contributed by atoms with Crippen molar-refractivity contribution in [3.63, 3.8) is 0 Å². The number of nitrogens with zero attached hydrogens (tertiary/aromatic N) is 2. The molecule has 0 saturated heterocycles. The summed E-state index contributed by atoms with van der Waals surface area (Å²) in [7, 11) is 0. The molecule has 31 heavy (non-hydrogen) atoms. The number of thioether (sulfide) groups is 1. The van der Waals surface area contributed by atoms with Gasteiger partial charge in [-0.3, -0.25) is 14.2 Å². The summed E-state index contributed by atoms with van der Waals surface area (Å²) in [4.78, 5) is 30.5. The van der Waals surface area contributed by atoms with E-state index >= 15 is 0 Å². The molecule has 1 amide bonds. The molecule has 0 saturated carbocycles. The van der Waals surface area contributed by atoms with E-state index in [4.69, 9.17) is 4.98 Å². The summed E-state index contributed by atoms with van der Waals surface area (Å²) in [6.07, 6.45) is 0. The number of fused-ring (bicyclic) bond motifs is 1. The maximum absolute atomic E-state index is 13.4. The van der Waals surface area contributed by atoms with Crippen LogP contribution < -0.4 is 10.9 Å². The molecule has 4 rings (SSSR count). The van der Waals surface area contributed by atoms with E-state index in [0.717, 1.165) is 22.4 Å². The van der Waals surface area contributed by atoms with Crippen LogP contribution in [-0.2, 0) is 11.3 Å². The fourth-order valence-corrected chi connectivity index (χ4v) is 4.29. The van der Waals surface area contributed by atoms with E-state index in [2.05, 4.69) is 5.32 Å². The molecule has 0 radical (unpaired) electrons. The number of aromatic nitrogens is 2. The topological polar surface area (TPSA) is 64.0 Å². The molecule has 0 atom stereocenters. The highest BCUT2D eigenvalue weighted by molar-refractivity contribution is 7.99. The van der Waals surface area contributed by atoms with E-state index in [9.17, 15) is 9.59 Å². The van der Waals surface area contributed by atoms with Crippen molar-refractivity contribution >= 4 is 28.6 Å². The third-order valence-electron chi connectivity index (χ3n) is 5.00. The van der Waals surface area contributed by atoms with Crippen molar-refractivity contribution in [2.45, 2.75) is 25.5 Å². The lowest BCUT2D eigenvalue weighted by Gasteiger charge is -2.15. The van der Waals surface area contributed by atoms with Crippen molar-refractivity contribution in [1.82, 2.24) is 14.9 Å². The molecule has 6 heteroatoms. The van der Waals surface area contributed by atoms with E-state index in [1.54, 1.807) is 10.6 Å². The predicted molar refractivity (Wildman–Crippen MR) is 126 cm³/mol. The van der Waals surface area contributed by atoms with Crippen molar-refractivity contribution in [2.75, 3.05) is 5.75 Å². The molecule has 0 aliphatic rings. The number of nitrogens with one attached hydrogen (secondary N) is 1. The third kappa shape index (κ3) is 4.70. The smallest absolute Gasteiger partial charge is 0.266 e. The first-order valence-corrected chi connectivity index (χ1v) is 11.0. The largest absolute Gasteiger partial charge is 0.351 e. The maximum atomic E-state index is 13.4. The van der Waals surface area contributed by atoms with Crippen LogP contribution in [0.15, 0.2) is 82.7 Å². The Bertz CT molecular complexity index is 1300. The van der Waals surface area contributed by atoms with Gasteiger partial charge in [0.05, 0.1) is 22.3 Å². The summed E-state index contributed by atoms with van der Waals surface area (Å²) in [5.74, 6) is 0.0612. The van der Waals surface area contributed by atoms with Crippen molar-refractivity contribution < 1.29 is 4.79 Å². The molecule has 1 N–H and O–H groups in total. The number of rotatable bonds is 6. The van der Waals surface area contributed by atoms with Crippen LogP contribution in [0, 0.1) is 13.8 Å². The number of carbonyl (C=O) groups excluding carboxylic acids is 1. The lowest BCUT2D eigenvalue weighted by Crippen LogP contribution is -2.26. The van der Waals surface area contributed by atoms with Crippen LogP contribution in [0.4, 0.5) is 0 Å². The van der Waals surface area contributed by atoms with Crippen molar-refractivity contribution in [2.24, 2.45) is 0 Å². The fraction of sp³-hybridized carbons (Fsp3) is 0.160. The highest BCUT2D eigenvalue weighted by Crippen LogP contribution is 2.23. The van der Waals surface area contributed by atoms with Gasteiger partial charge in [0.1, 0.15) is 0 Å². The Morgan fingerprint density at radius 2 is 1.74 bits per heavy atom. The molecule has 0 unspecified atom stereocenters. The van der Waals surface area contributed by atoms with Crippen LogP contribution in [0.2, 0.25) is 0 Å². The normalized spacial score (nSPS) is 10.9. The van der Waals surface area contributed by atoms with Crippen molar-refractivity contribution in [1.29, 1.82) is 0 Å². The first-order valence-electron chi connectivity index (χ1n) is 10.1. The minimum atomic E-state index is -0.134. The Morgan fingerprint density at radius 1 is 1.00 bits per heavy atom. The lowest BCUT2D eigenvalue weighted by atomic mass is 10.1. The van der Waals surface area contributed by atoms with Crippen LogP contribution in [0.3, 0.4) is 0 Å². The Kier molecular flexibility index (Phi) is 6.18. The minimum Gasteiger partial charge on any atom is -0.351 e. The average Bonchev–Trinajstić information content (AvgIpc) is 2.78. The molecular formula is C25H23N3O2S. The Labute approximate surface area is 185 Å². The third-order valence-corrected chi connectivity index (χ3v) is 5.94. The first kappa shape index (κ1) is 20.9. The van der Waals surface area contributed by atoms with Gasteiger partial charge >= 0.3 is 0 Å². The number of aryl methyl sites for hydroxylation is 2. The highest BCUT2D eigenvalue weighted by atomic mass is 32.2. The molecular weight excluding hydrogens is 406 g/mol. The monoisotopic (exact) mass is 429 g/mol. The fourth-order valence-electron chi connectivity index (χ4n) is 3.46. The average molecular weight is 430 g/mol. The Morgan fingerprint density at radius 3 is 2.52 bits per heavy atom. The second kappa shape index (κ2) is 9.18. The molecule has 0 aliphatic heterocycles. The molecule has 5 nitrogen and oxygen atoms in total. The van der Waals surface area contributed by atoms with Gasteiger partial charge in [-0.25, -0.2) is 4.98 Å². The van der Waals surface area contributed by atoms with Crippen LogP contribution in [0.5, 0.6) is 0 Å². The van der Waals surface area contributed by atoms with Gasteiger partial charge in [-0.1, -0.05) is 71.9 Å². The summed E-state index contributed by atoms with van der Waals surface area (Å²) in [6.45, 7) is 4.46. The lowest BCUT2D eigenvalue weighted by molar-refractivity contribution is -0.118. The van der Waals surface area contributed by atoms with Gasteiger partial charge in [0, 0.05) is 6.54 Å². The van der Waals surface area contributed by atoms with Gasteiger partial charge in [0.15, 0.2) is 5.16 Å². The zero-order valence-electron chi connectivity index (χ0n) is 17.5. The van der Waals surface area contributed by atoms with Gasteiger partial charge in [0.25, 0.3) is 5.56 Å². The van der Waals surface area contributed by atoms with E-state index < -0.39 is 0 Å². The summed E-state index contributed by atoms with van der Waals surface area (Å²) in [5, 5.41) is 3.99. The second-order valence-electron chi connectivity index (χ2n) is 7.39. The Hall–Kier alpha value is -3.38. The molecule has 0 aliphatic carbocycles. The number of amides is 1. The van der Waals surface area contributed by atoms with Gasteiger partial charge < -0.3 is 5.32 Å². The number of hydrogen-bond acceptors (Lipinski definition) is 4. The molecule has 0 spiro atoms. The van der Waals surface area contributed by atoms with Crippen LogP contribution >= 0.6 is 11.8 Å².